The van der Waals surface area contributed by atoms with Gasteiger partial charge in [-0.25, -0.2) is 4.79 Å². The Bertz CT molecular complexity index is 1030. The van der Waals surface area contributed by atoms with Crippen LogP contribution in [0.4, 0.5) is 0 Å². The number of nitrogens with one attached hydrogen (secondary N) is 2. The van der Waals surface area contributed by atoms with Gasteiger partial charge in [0, 0.05) is 41.8 Å². The molecule has 2 aromatic heterocycles. The second-order valence-electron chi connectivity index (χ2n) is 5.55. The van der Waals surface area contributed by atoms with Gasteiger partial charge < -0.3 is 20.2 Å². The molecule has 27 heavy (non-hydrogen) atoms. The van der Waals surface area contributed by atoms with E-state index in [1.165, 1.54) is 10.9 Å². The highest BCUT2D eigenvalue weighted by molar-refractivity contribution is 5.93. The molecule has 4 rings (SSSR count). The fourth-order valence-electron chi connectivity index (χ4n) is 2.39. The Morgan fingerprint density at radius 2 is 1.52 bits per heavy atom. The van der Waals surface area contributed by atoms with Crippen LogP contribution >= 0.6 is 0 Å². The van der Waals surface area contributed by atoms with Crippen molar-refractivity contribution in [3.8, 4) is 0 Å². The zero-order valence-corrected chi connectivity index (χ0v) is 14.7. The lowest BCUT2D eigenvalue weighted by atomic mass is 10.1. The fourth-order valence-corrected chi connectivity index (χ4v) is 2.39. The standard InChI is InChI=1S/C11H9NO2.C8H7N.C2H4O2/c13-11(14)6-5-8-7-12-10-4-2-1-3-9(8)10;1-2-4-8-7(3-1)5-6-9-8;1-2(3)4/h1-7,12H,(H,13,14);1-6,9H;1H3,(H,3,4). The molecule has 6 nitrogen and oxygen atoms in total. The number of carbonyl (C=O) groups is 2. The van der Waals surface area contributed by atoms with Gasteiger partial charge in [0.05, 0.1) is 0 Å². The van der Waals surface area contributed by atoms with Crippen molar-refractivity contribution >= 4 is 39.8 Å². The molecule has 0 spiro atoms. The van der Waals surface area contributed by atoms with E-state index in [-0.39, 0.29) is 0 Å². The van der Waals surface area contributed by atoms with Crippen molar-refractivity contribution < 1.29 is 19.8 Å². The summed E-state index contributed by atoms with van der Waals surface area (Å²) >= 11 is 0. The molecule has 0 unspecified atom stereocenters. The summed E-state index contributed by atoms with van der Waals surface area (Å²) in [7, 11) is 0. The average Bonchev–Trinajstić information content (AvgIpc) is 3.27. The zero-order valence-electron chi connectivity index (χ0n) is 14.7. The Kier molecular flexibility index (Phi) is 6.96. The third-order valence-corrected chi connectivity index (χ3v) is 3.49. The molecular formula is C21H20N2O4. The van der Waals surface area contributed by atoms with Gasteiger partial charge >= 0.3 is 5.97 Å². The number of carboxylic acids is 2. The maximum atomic E-state index is 10.3. The van der Waals surface area contributed by atoms with E-state index in [1.807, 2.05) is 42.6 Å². The van der Waals surface area contributed by atoms with Gasteiger partial charge in [-0.15, -0.1) is 0 Å². The Morgan fingerprint density at radius 1 is 0.889 bits per heavy atom. The van der Waals surface area contributed by atoms with Gasteiger partial charge in [-0.2, -0.15) is 0 Å². The van der Waals surface area contributed by atoms with Crippen molar-refractivity contribution in [3.63, 3.8) is 0 Å². The van der Waals surface area contributed by atoms with E-state index in [9.17, 15) is 4.79 Å². The molecule has 0 aliphatic heterocycles. The Labute approximate surface area is 155 Å². The molecule has 138 valence electrons. The Hall–Kier alpha value is -3.80. The first-order valence-electron chi connectivity index (χ1n) is 8.16. The molecular weight excluding hydrogens is 344 g/mol. The number of hydrogen-bond donors (Lipinski definition) is 4. The van der Waals surface area contributed by atoms with Crippen LogP contribution in [0.15, 0.2) is 73.1 Å². The number of rotatable bonds is 2. The maximum Gasteiger partial charge on any atom is 0.328 e. The van der Waals surface area contributed by atoms with E-state index < -0.39 is 11.9 Å². The van der Waals surface area contributed by atoms with Crippen LogP contribution in [0.25, 0.3) is 27.9 Å². The number of benzene rings is 2. The highest BCUT2D eigenvalue weighted by Crippen LogP contribution is 2.18. The number of para-hydroxylation sites is 2. The number of aromatic nitrogens is 2. The second kappa shape index (κ2) is 9.62. The van der Waals surface area contributed by atoms with Crippen LogP contribution in [-0.2, 0) is 9.59 Å². The van der Waals surface area contributed by atoms with Crippen molar-refractivity contribution in [2.24, 2.45) is 0 Å². The van der Waals surface area contributed by atoms with E-state index in [0.717, 1.165) is 29.5 Å². The van der Waals surface area contributed by atoms with Crippen LogP contribution in [-0.4, -0.2) is 32.1 Å². The molecule has 0 fully saturated rings. The summed E-state index contributed by atoms with van der Waals surface area (Å²) < 4.78 is 0. The summed E-state index contributed by atoms with van der Waals surface area (Å²) in [5, 5.41) is 18.2. The Balaban J connectivity index is 0.000000172. The number of fused-ring (bicyclic) bond motifs is 2. The van der Waals surface area contributed by atoms with Crippen LogP contribution in [0.1, 0.15) is 12.5 Å². The van der Waals surface area contributed by atoms with Gasteiger partial charge in [0.1, 0.15) is 0 Å². The summed E-state index contributed by atoms with van der Waals surface area (Å²) in [5.41, 5.74) is 3.11. The predicted octanol–water partition coefficient (Wildman–Crippen LogP) is 4.52. The van der Waals surface area contributed by atoms with Gasteiger partial charge in [-0.3, -0.25) is 4.79 Å². The first kappa shape index (κ1) is 19.5. The Morgan fingerprint density at radius 3 is 2.19 bits per heavy atom. The average molecular weight is 364 g/mol. The molecule has 0 aliphatic carbocycles. The third kappa shape index (κ3) is 6.21. The summed E-state index contributed by atoms with van der Waals surface area (Å²) in [6.45, 7) is 1.08. The number of aliphatic carboxylic acids is 2. The maximum absolute atomic E-state index is 10.3. The van der Waals surface area contributed by atoms with Gasteiger partial charge in [0.15, 0.2) is 0 Å². The molecule has 0 atom stereocenters. The van der Waals surface area contributed by atoms with Crippen molar-refractivity contribution in [2.75, 3.05) is 0 Å². The second-order valence-corrected chi connectivity index (χ2v) is 5.55. The van der Waals surface area contributed by atoms with Crippen LogP contribution in [0, 0.1) is 0 Å². The quantitative estimate of drug-likeness (QED) is 0.392. The van der Waals surface area contributed by atoms with Gasteiger partial charge in [0.2, 0.25) is 0 Å². The molecule has 0 saturated heterocycles. The predicted molar refractivity (Wildman–Crippen MR) is 107 cm³/mol. The van der Waals surface area contributed by atoms with Crippen LogP contribution in [0.2, 0.25) is 0 Å². The number of aromatic amines is 2. The summed E-state index contributed by atoms with van der Waals surface area (Å²) in [6, 6.07) is 18.0. The lowest BCUT2D eigenvalue weighted by molar-refractivity contribution is -0.134. The van der Waals surface area contributed by atoms with E-state index in [0.29, 0.717) is 0 Å². The van der Waals surface area contributed by atoms with E-state index >= 15 is 0 Å². The zero-order chi connectivity index (χ0) is 19.6. The fraction of sp³-hybridized carbons (Fsp3) is 0.0476. The number of carboxylic acid groups (broad SMARTS) is 2. The molecule has 6 heteroatoms. The summed E-state index contributed by atoms with van der Waals surface area (Å²) in [4.78, 5) is 25.5. The van der Waals surface area contributed by atoms with Crippen molar-refractivity contribution in [2.45, 2.75) is 6.92 Å². The summed E-state index contributed by atoms with van der Waals surface area (Å²) in [5.74, 6) is -1.77. The molecule has 4 aromatic rings. The lowest BCUT2D eigenvalue weighted by Gasteiger charge is -1.89. The normalized spacial score (nSPS) is 10.1. The van der Waals surface area contributed by atoms with Crippen LogP contribution in [0.3, 0.4) is 0 Å². The molecule has 0 bridgehead atoms. The van der Waals surface area contributed by atoms with Gasteiger partial charge in [-0.1, -0.05) is 36.4 Å². The molecule has 0 aliphatic rings. The first-order valence-corrected chi connectivity index (χ1v) is 8.16. The molecule has 2 aromatic carbocycles. The topological polar surface area (TPSA) is 106 Å². The van der Waals surface area contributed by atoms with E-state index in [2.05, 4.69) is 28.2 Å². The number of hydrogen-bond acceptors (Lipinski definition) is 2. The van der Waals surface area contributed by atoms with Gasteiger partial charge in [-0.05, 0) is 35.2 Å². The van der Waals surface area contributed by atoms with E-state index in [4.69, 9.17) is 15.0 Å². The largest absolute Gasteiger partial charge is 0.481 e. The third-order valence-electron chi connectivity index (χ3n) is 3.49. The van der Waals surface area contributed by atoms with Crippen LogP contribution < -0.4 is 0 Å². The SMILES string of the molecule is CC(=O)O.O=C(O)C=Cc1c[nH]c2ccccc12.c1ccc2[nH]ccc2c1. The van der Waals surface area contributed by atoms with Crippen molar-refractivity contribution in [1.82, 2.24) is 9.97 Å². The number of H-pyrrole nitrogens is 2. The molecule has 4 N–H and O–H groups in total. The molecule has 0 amide bonds. The smallest absolute Gasteiger partial charge is 0.328 e. The minimum absolute atomic E-state index is 0.833. The van der Waals surface area contributed by atoms with Gasteiger partial charge in [0.25, 0.3) is 5.97 Å². The van der Waals surface area contributed by atoms with Crippen molar-refractivity contribution in [3.05, 3.63) is 78.6 Å². The minimum Gasteiger partial charge on any atom is -0.481 e. The van der Waals surface area contributed by atoms with Crippen LogP contribution in [0.5, 0.6) is 0 Å². The molecule has 0 saturated carbocycles. The highest BCUT2D eigenvalue weighted by atomic mass is 16.4. The minimum atomic E-state index is -0.935. The first-order chi connectivity index (χ1) is 13.0. The monoisotopic (exact) mass is 364 g/mol. The molecule has 0 radical (unpaired) electrons. The summed E-state index contributed by atoms with van der Waals surface area (Å²) in [6.07, 6.45) is 6.46. The molecule has 2 heterocycles. The lowest BCUT2D eigenvalue weighted by Crippen LogP contribution is -1.84. The highest BCUT2D eigenvalue weighted by Gasteiger charge is 1.98. The van der Waals surface area contributed by atoms with E-state index in [1.54, 1.807) is 12.3 Å². The van der Waals surface area contributed by atoms with Crippen molar-refractivity contribution in [1.29, 1.82) is 0 Å².